The number of pyridine rings is 1. The maximum Gasteiger partial charge on any atom is 0.371 e. The number of nitrogens with zero attached hydrogens (tertiary/aromatic N) is 1. The van der Waals surface area contributed by atoms with E-state index in [9.17, 15) is 4.79 Å². The van der Waals surface area contributed by atoms with Crippen LogP contribution in [-0.4, -0.2) is 16.1 Å². The van der Waals surface area contributed by atoms with Crippen LogP contribution in [0.4, 0.5) is 5.88 Å². The number of aromatic nitrogens is 1. The van der Waals surface area contributed by atoms with Crippen LogP contribution in [0, 0.1) is 0 Å². The van der Waals surface area contributed by atoms with Crippen LogP contribution in [-0.2, 0) is 0 Å². The third-order valence-electron chi connectivity index (χ3n) is 2.38. The molecule has 2 aromatic rings. The molecule has 1 unspecified atom stereocenters. The summed E-state index contributed by atoms with van der Waals surface area (Å²) in [5, 5.41) is 11.8. The number of furan rings is 1. The minimum atomic E-state index is -1.07. The molecule has 2 aromatic heterocycles. The van der Waals surface area contributed by atoms with Crippen molar-refractivity contribution in [2.75, 3.05) is 5.32 Å². The smallest absolute Gasteiger partial charge is 0.371 e. The molecule has 0 radical (unpaired) electrons. The molecular formula is C12H12N2O3. The maximum atomic E-state index is 10.6. The Morgan fingerprint density at radius 2 is 2.06 bits per heavy atom. The van der Waals surface area contributed by atoms with Gasteiger partial charge in [-0.05, 0) is 30.7 Å². The second-order valence-electron chi connectivity index (χ2n) is 3.62. The van der Waals surface area contributed by atoms with Gasteiger partial charge in [0, 0.05) is 18.5 Å². The van der Waals surface area contributed by atoms with Crippen LogP contribution in [0.2, 0.25) is 0 Å². The molecule has 17 heavy (non-hydrogen) atoms. The molecule has 0 saturated carbocycles. The van der Waals surface area contributed by atoms with Gasteiger partial charge >= 0.3 is 5.97 Å². The zero-order valence-corrected chi connectivity index (χ0v) is 9.25. The van der Waals surface area contributed by atoms with Gasteiger partial charge in [0.25, 0.3) is 0 Å². The van der Waals surface area contributed by atoms with E-state index >= 15 is 0 Å². The van der Waals surface area contributed by atoms with E-state index in [4.69, 9.17) is 9.52 Å². The summed E-state index contributed by atoms with van der Waals surface area (Å²) in [5.41, 5.74) is 1.05. The summed E-state index contributed by atoms with van der Waals surface area (Å²) < 4.78 is 5.11. The minimum Gasteiger partial charge on any atom is -0.475 e. The van der Waals surface area contributed by atoms with Crippen molar-refractivity contribution in [3.8, 4) is 0 Å². The number of aromatic carboxylic acids is 1. The molecule has 0 saturated heterocycles. The second-order valence-corrected chi connectivity index (χ2v) is 3.62. The molecule has 88 valence electrons. The summed E-state index contributed by atoms with van der Waals surface area (Å²) in [7, 11) is 0. The quantitative estimate of drug-likeness (QED) is 0.847. The van der Waals surface area contributed by atoms with Gasteiger partial charge in [-0.25, -0.2) is 4.79 Å². The lowest BCUT2D eigenvalue weighted by molar-refractivity contribution is 0.0663. The molecule has 0 bridgehead atoms. The first kappa shape index (κ1) is 11.2. The topological polar surface area (TPSA) is 75.4 Å². The fourth-order valence-electron chi connectivity index (χ4n) is 1.48. The Kier molecular flexibility index (Phi) is 3.09. The van der Waals surface area contributed by atoms with Gasteiger partial charge in [0.05, 0.1) is 6.04 Å². The van der Waals surface area contributed by atoms with Crippen molar-refractivity contribution in [1.29, 1.82) is 0 Å². The molecule has 0 amide bonds. The summed E-state index contributed by atoms with van der Waals surface area (Å²) in [6.07, 6.45) is 3.41. The van der Waals surface area contributed by atoms with Crippen molar-refractivity contribution < 1.29 is 14.3 Å². The molecule has 0 aliphatic carbocycles. The molecule has 0 aliphatic rings. The van der Waals surface area contributed by atoms with E-state index in [0.717, 1.165) is 5.56 Å². The Balaban J connectivity index is 2.08. The Morgan fingerprint density at radius 3 is 2.65 bits per heavy atom. The van der Waals surface area contributed by atoms with Gasteiger partial charge in [-0.3, -0.25) is 4.98 Å². The van der Waals surface area contributed by atoms with Gasteiger partial charge < -0.3 is 14.8 Å². The molecule has 2 heterocycles. The molecule has 2 rings (SSSR count). The maximum absolute atomic E-state index is 10.6. The highest BCUT2D eigenvalue weighted by atomic mass is 16.4. The lowest BCUT2D eigenvalue weighted by Crippen LogP contribution is -2.05. The standard InChI is InChI=1S/C12H12N2O3/c1-8(9-4-6-13-7-5-9)14-11-3-2-10(17-11)12(15)16/h2-8,14H,1H3,(H,15,16). The Labute approximate surface area is 98.1 Å². The zero-order chi connectivity index (χ0) is 12.3. The van der Waals surface area contributed by atoms with Gasteiger partial charge in [0.2, 0.25) is 5.76 Å². The normalized spacial score (nSPS) is 12.1. The first-order valence-corrected chi connectivity index (χ1v) is 5.16. The molecule has 0 fully saturated rings. The van der Waals surface area contributed by atoms with Crippen molar-refractivity contribution >= 4 is 11.9 Å². The third kappa shape index (κ3) is 2.63. The van der Waals surface area contributed by atoms with Gasteiger partial charge in [0.1, 0.15) is 0 Å². The predicted molar refractivity (Wildman–Crippen MR) is 61.9 cm³/mol. The fraction of sp³-hybridized carbons (Fsp3) is 0.167. The third-order valence-corrected chi connectivity index (χ3v) is 2.38. The van der Waals surface area contributed by atoms with Crippen LogP contribution in [0.5, 0.6) is 0 Å². The number of carbonyl (C=O) groups is 1. The molecule has 0 aromatic carbocycles. The molecule has 0 aliphatic heterocycles. The molecule has 1 atom stereocenters. The van der Waals surface area contributed by atoms with Crippen LogP contribution in [0.1, 0.15) is 29.1 Å². The fourth-order valence-corrected chi connectivity index (χ4v) is 1.48. The Bertz CT molecular complexity index is 507. The van der Waals surface area contributed by atoms with Crippen molar-refractivity contribution in [3.05, 3.63) is 48.0 Å². The van der Waals surface area contributed by atoms with Crippen LogP contribution in [0.25, 0.3) is 0 Å². The number of hydrogen-bond donors (Lipinski definition) is 2. The van der Waals surface area contributed by atoms with E-state index in [1.54, 1.807) is 18.5 Å². The molecule has 5 nitrogen and oxygen atoms in total. The van der Waals surface area contributed by atoms with Crippen LogP contribution in [0.15, 0.2) is 41.1 Å². The highest BCUT2D eigenvalue weighted by molar-refractivity contribution is 5.84. The van der Waals surface area contributed by atoms with Crippen LogP contribution < -0.4 is 5.32 Å². The first-order valence-electron chi connectivity index (χ1n) is 5.16. The van der Waals surface area contributed by atoms with Crippen LogP contribution >= 0.6 is 0 Å². The zero-order valence-electron chi connectivity index (χ0n) is 9.25. The molecular weight excluding hydrogens is 220 g/mol. The van der Waals surface area contributed by atoms with E-state index in [0.29, 0.717) is 5.88 Å². The Morgan fingerprint density at radius 1 is 1.35 bits per heavy atom. The van der Waals surface area contributed by atoms with E-state index in [1.807, 2.05) is 19.1 Å². The van der Waals surface area contributed by atoms with E-state index in [-0.39, 0.29) is 11.8 Å². The van der Waals surface area contributed by atoms with E-state index in [2.05, 4.69) is 10.3 Å². The van der Waals surface area contributed by atoms with Gasteiger partial charge in [-0.2, -0.15) is 0 Å². The number of carboxylic acids is 1. The lowest BCUT2D eigenvalue weighted by atomic mass is 10.1. The number of carboxylic acid groups (broad SMARTS) is 1. The largest absolute Gasteiger partial charge is 0.475 e. The van der Waals surface area contributed by atoms with Crippen LogP contribution in [0.3, 0.4) is 0 Å². The van der Waals surface area contributed by atoms with Crippen molar-refractivity contribution in [1.82, 2.24) is 4.98 Å². The average molecular weight is 232 g/mol. The van der Waals surface area contributed by atoms with Crippen molar-refractivity contribution in [3.63, 3.8) is 0 Å². The van der Waals surface area contributed by atoms with E-state index < -0.39 is 5.97 Å². The second kappa shape index (κ2) is 4.69. The van der Waals surface area contributed by atoms with Gasteiger partial charge in [-0.1, -0.05) is 0 Å². The molecule has 2 N–H and O–H groups in total. The number of anilines is 1. The first-order chi connectivity index (χ1) is 8.16. The number of hydrogen-bond acceptors (Lipinski definition) is 4. The highest BCUT2D eigenvalue weighted by Gasteiger charge is 2.11. The summed E-state index contributed by atoms with van der Waals surface area (Å²) in [4.78, 5) is 14.6. The number of rotatable bonds is 4. The van der Waals surface area contributed by atoms with Gasteiger partial charge in [-0.15, -0.1) is 0 Å². The molecule has 5 heteroatoms. The summed E-state index contributed by atoms with van der Waals surface area (Å²) in [5.74, 6) is -0.712. The van der Waals surface area contributed by atoms with Gasteiger partial charge in [0.15, 0.2) is 5.88 Å². The SMILES string of the molecule is CC(Nc1ccc(C(=O)O)o1)c1ccncc1. The van der Waals surface area contributed by atoms with E-state index in [1.165, 1.54) is 6.07 Å². The summed E-state index contributed by atoms with van der Waals surface area (Å²) in [6, 6.07) is 6.81. The predicted octanol–water partition coefficient (Wildman–Crippen LogP) is 2.55. The molecule has 0 spiro atoms. The Hall–Kier alpha value is -2.30. The lowest BCUT2D eigenvalue weighted by Gasteiger charge is -2.12. The average Bonchev–Trinajstić information content (AvgIpc) is 2.79. The monoisotopic (exact) mass is 232 g/mol. The summed E-state index contributed by atoms with van der Waals surface area (Å²) >= 11 is 0. The minimum absolute atomic E-state index is 0.0193. The van der Waals surface area contributed by atoms with Crippen molar-refractivity contribution in [2.45, 2.75) is 13.0 Å². The van der Waals surface area contributed by atoms with Crippen molar-refractivity contribution in [2.24, 2.45) is 0 Å². The number of nitrogens with one attached hydrogen (secondary N) is 1. The summed E-state index contributed by atoms with van der Waals surface area (Å²) in [6.45, 7) is 1.96. The highest BCUT2D eigenvalue weighted by Crippen LogP contribution is 2.20.